The van der Waals surface area contributed by atoms with Crippen LogP contribution in [0.3, 0.4) is 0 Å². The van der Waals surface area contributed by atoms with Crippen molar-refractivity contribution in [2.24, 2.45) is 11.1 Å². The predicted molar refractivity (Wildman–Crippen MR) is 62.8 cm³/mol. The van der Waals surface area contributed by atoms with Gasteiger partial charge in [-0.25, -0.2) is 0 Å². The molecule has 1 nitrogen and oxygen atoms in total. The summed E-state index contributed by atoms with van der Waals surface area (Å²) in [6.45, 7) is 7.69. The van der Waals surface area contributed by atoms with E-state index in [-0.39, 0.29) is 0 Å². The predicted octanol–water partition coefficient (Wildman–Crippen LogP) is 2.94. The molecule has 0 aromatic carbocycles. The van der Waals surface area contributed by atoms with E-state index in [1.165, 1.54) is 12.0 Å². The Morgan fingerprint density at radius 1 is 1.50 bits per heavy atom. The number of rotatable bonds is 3. The molecule has 1 aromatic heterocycles. The smallest absolute Gasteiger partial charge is 0.0229 e. The van der Waals surface area contributed by atoms with Crippen molar-refractivity contribution in [3.8, 4) is 0 Å². The summed E-state index contributed by atoms with van der Waals surface area (Å²) in [7, 11) is 0. The monoisotopic (exact) mass is 209 g/mol. The molecule has 0 aliphatic heterocycles. The Bertz CT molecular complexity index is 340. The van der Waals surface area contributed by atoms with E-state index in [4.69, 9.17) is 5.73 Å². The second-order valence-electron chi connectivity index (χ2n) is 4.98. The highest BCUT2D eigenvalue weighted by Crippen LogP contribution is 2.65. The van der Waals surface area contributed by atoms with Gasteiger partial charge in [0.25, 0.3) is 0 Å². The fraction of sp³-hybridized carbons (Fsp3) is 0.667. The molecule has 78 valence electrons. The first-order valence-corrected chi connectivity index (χ1v) is 6.22. The molecule has 1 aliphatic carbocycles. The summed E-state index contributed by atoms with van der Waals surface area (Å²) in [6, 6.07) is 2.26. The normalized spacial score (nSPS) is 29.1. The Labute approximate surface area is 90.3 Å². The van der Waals surface area contributed by atoms with Crippen LogP contribution < -0.4 is 5.73 Å². The van der Waals surface area contributed by atoms with Crippen molar-refractivity contribution >= 4 is 11.3 Å². The molecule has 1 fully saturated rings. The molecule has 2 N–H and O–H groups in total. The van der Waals surface area contributed by atoms with Crippen molar-refractivity contribution in [2.75, 3.05) is 6.54 Å². The van der Waals surface area contributed by atoms with Gasteiger partial charge in [-0.2, -0.15) is 0 Å². The fourth-order valence-corrected chi connectivity index (χ4v) is 3.96. The maximum Gasteiger partial charge on any atom is 0.0229 e. The van der Waals surface area contributed by atoms with Crippen molar-refractivity contribution in [1.29, 1.82) is 0 Å². The van der Waals surface area contributed by atoms with Crippen molar-refractivity contribution in [3.05, 3.63) is 21.9 Å². The lowest BCUT2D eigenvalue weighted by atomic mass is 9.91. The van der Waals surface area contributed by atoms with E-state index < -0.39 is 0 Å². The average molecular weight is 209 g/mol. The standard InChI is InChI=1S/C12H19NS/c1-4-9-5-6-14-10(9)12(8-13)7-11(12,2)3/h5-6H,4,7-8,13H2,1-3H3. The van der Waals surface area contributed by atoms with E-state index in [0.717, 1.165) is 13.0 Å². The molecule has 0 amide bonds. The summed E-state index contributed by atoms with van der Waals surface area (Å²) >= 11 is 1.89. The van der Waals surface area contributed by atoms with E-state index in [9.17, 15) is 0 Å². The van der Waals surface area contributed by atoms with Crippen LogP contribution in [0.25, 0.3) is 0 Å². The lowest BCUT2D eigenvalue weighted by Gasteiger charge is -2.18. The van der Waals surface area contributed by atoms with E-state index >= 15 is 0 Å². The summed E-state index contributed by atoms with van der Waals surface area (Å²) in [5, 5.41) is 2.21. The molecule has 0 spiro atoms. The third-order valence-electron chi connectivity index (χ3n) is 3.82. The zero-order chi connectivity index (χ0) is 10.4. The Morgan fingerprint density at radius 3 is 2.57 bits per heavy atom. The molecule has 0 saturated heterocycles. The summed E-state index contributed by atoms with van der Waals surface area (Å²) < 4.78 is 0. The van der Waals surface area contributed by atoms with Gasteiger partial charge in [-0.15, -0.1) is 11.3 Å². The molecule has 0 radical (unpaired) electrons. The molecular formula is C12H19NS. The minimum Gasteiger partial charge on any atom is -0.330 e. The largest absolute Gasteiger partial charge is 0.330 e. The molecule has 1 atom stereocenters. The number of thiophene rings is 1. The first-order chi connectivity index (χ1) is 6.57. The van der Waals surface area contributed by atoms with Crippen LogP contribution in [-0.2, 0) is 11.8 Å². The van der Waals surface area contributed by atoms with Crippen molar-refractivity contribution in [3.63, 3.8) is 0 Å². The van der Waals surface area contributed by atoms with Gasteiger partial charge < -0.3 is 5.73 Å². The minimum absolute atomic E-state index is 0.298. The molecule has 1 aromatic rings. The molecule has 14 heavy (non-hydrogen) atoms. The Morgan fingerprint density at radius 2 is 2.14 bits per heavy atom. The van der Waals surface area contributed by atoms with Gasteiger partial charge in [-0.3, -0.25) is 0 Å². The van der Waals surface area contributed by atoms with E-state index in [1.54, 1.807) is 4.88 Å². The van der Waals surface area contributed by atoms with Crippen LogP contribution in [-0.4, -0.2) is 6.54 Å². The maximum atomic E-state index is 5.97. The molecule has 1 aliphatic rings. The van der Waals surface area contributed by atoms with Crippen LogP contribution in [0.2, 0.25) is 0 Å². The topological polar surface area (TPSA) is 26.0 Å². The van der Waals surface area contributed by atoms with Crippen molar-refractivity contribution in [2.45, 2.75) is 39.0 Å². The second-order valence-corrected chi connectivity index (χ2v) is 5.89. The molecule has 1 heterocycles. The van der Waals surface area contributed by atoms with Gasteiger partial charge >= 0.3 is 0 Å². The van der Waals surface area contributed by atoms with Crippen molar-refractivity contribution < 1.29 is 0 Å². The third kappa shape index (κ3) is 1.17. The fourth-order valence-electron chi connectivity index (χ4n) is 2.57. The number of hydrogen-bond donors (Lipinski definition) is 1. The van der Waals surface area contributed by atoms with Gasteiger partial charge in [0.1, 0.15) is 0 Å². The molecule has 1 unspecified atom stereocenters. The second kappa shape index (κ2) is 3.07. The maximum absolute atomic E-state index is 5.97. The number of nitrogens with two attached hydrogens (primary N) is 1. The quantitative estimate of drug-likeness (QED) is 0.814. The van der Waals surface area contributed by atoms with Crippen LogP contribution in [0.15, 0.2) is 11.4 Å². The molecule has 1 saturated carbocycles. The highest BCUT2D eigenvalue weighted by atomic mass is 32.1. The van der Waals surface area contributed by atoms with Crippen LogP contribution in [0.1, 0.15) is 37.6 Å². The third-order valence-corrected chi connectivity index (χ3v) is 4.99. The van der Waals surface area contributed by atoms with Gasteiger partial charge in [-0.1, -0.05) is 20.8 Å². The van der Waals surface area contributed by atoms with Crippen molar-refractivity contribution in [1.82, 2.24) is 0 Å². The SMILES string of the molecule is CCc1ccsc1C1(CN)CC1(C)C. The minimum atomic E-state index is 0.298. The first-order valence-electron chi connectivity index (χ1n) is 5.34. The van der Waals surface area contributed by atoms with Gasteiger partial charge in [0, 0.05) is 16.8 Å². The lowest BCUT2D eigenvalue weighted by Crippen LogP contribution is -2.25. The molecular weight excluding hydrogens is 190 g/mol. The van der Waals surface area contributed by atoms with Crippen LogP contribution >= 0.6 is 11.3 Å². The molecule has 0 bridgehead atoms. The summed E-state index contributed by atoms with van der Waals surface area (Å²) in [4.78, 5) is 1.55. The average Bonchev–Trinajstić information content (AvgIpc) is 2.56. The highest BCUT2D eigenvalue weighted by molar-refractivity contribution is 7.10. The van der Waals surface area contributed by atoms with E-state index in [2.05, 4.69) is 32.2 Å². The molecule has 2 heteroatoms. The van der Waals surface area contributed by atoms with Crippen LogP contribution in [0, 0.1) is 5.41 Å². The first kappa shape index (κ1) is 10.2. The summed E-state index contributed by atoms with van der Waals surface area (Å²) in [6.07, 6.45) is 2.39. The zero-order valence-corrected chi connectivity index (χ0v) is 10.1. The summed E-state index contributed by atoms with van der Waals surface area (Å²) in [5.41, 5.74) is 8.18. The highest BCUT2D eigenvalue weighted by Gasteiger charge is 2.62. The van der Waals surface area contributed by atoms with Gasteiger partial charge in [0.2, 0.25) is 0 Å². The number of aryl methyl sites for hydroxylation is 1. The Hall–Kier alpha value is -0.340. The Kier molecular flexibility index (Phi) is 2.24. The van der Waals surface area contributed by atoms with Gasteiger partial charge in [-0.05, 0) is 35.3 Å². The van der Waals surface area contributed by atoms with Gasteiger partial charge in [0.05, 0.1) is 0 Å². The summed E-state index contributed by atoms with van der Waals surface area (Å²) in [5.74, 6) is 0. The van der Waals surface area contributed by atoms with E-state index in [1.807, 2.05) is 11.3 Å². The number of hydrogen-bond acceptors (Lipinski definition) is 2. The van der Waals surface area contributed by atoms with Gasteiger partial charge in [0.15, 0.2) is 0 Å². The van der Waals surface area contributed by atoms with Crippen LogP contribution in [0.5, 0.6) is 0 Å². The van der Waals surface area contributed by atoms with Crippen LogP contribution in [0.4, 0.5) is 0 Å². The lowest BCUT2D eigenvalue weighted by molar-refractivity contribution is 0.507. The Balaban J connectivity index is 2.40. The van der Waals surface area contributed by atoms with E-state index in [0.29, 0.717) is 10.8 Å². The molecule has 2 rings (SSSR count). The zero-order valence-electron chi connectivity index (χ0n) is 9.26.